The summed E-state index contributed by atoms with van der Waals surface area (Å²) in [4.78, 5) is 9.86. The number of hydrogen-bond acceptors (Lipinski definition) is 9. The van der Waals surface area contributed by atoms with Crippen molar-refractivity contribution in [2.75, 3.05) is 6.61 Å². The molecule has 96 valence electrons. The van der Waals surface area contributed by atoms with Gasteiger partial charge in [0.2, 0.25) is 0 Å². The molecule has 0 rings (SSSR count). The van der Waals surface area contributed by atoms with Crippen molar-refractivity contribution in [3.8, 4) is 0 Å². The van der Waals surface area contributed by atoms with Crippen LogP contribution in [0.1, 0.15) is 0 Å². The van der Waals surface area contributed by atoms with Gasteiger partial charge in [-0.05, 0) is 0 Å². The van der Waals surface area contributed by atoms with Gasteiger partial charge in [0.25, 0.3) is 6.16 Å². The van der Waals surface area contributed by atoms with Crippen molar-refractivity contribution in [3.63, 3.8) is 0 Å². The quantitative estimate of drug-likeness (QED) is 0.155. The minimum absolute atomic E-state index is 0. The van der Waals surface area contributed by atoms with Crippen LogP contribution >= 0.6 is 0 Å². The normalized spacial score (nSPS) is 19.4. The van der Waals surface area contributed by atoms with Crippen LogP contribution in [-0.2, 0) is 4.74 Å². The molecular weight excluding hydrogens is 251 g/mol. The molecular formula is C7H13NaO9. The standard InChI is InChI=1S/C7H14O9.Na/c8-1-2(9)3(10)4(11)5(12)6(13)16-7(14)15;/h2-6,8-13H,1H2,(H,14,15);/q;+1/p-1/t2-,3-,4+,5+,6?;/m1./s1. The van der Waals surface area contributed by atoms with Crippen LogP contribution in [0.4, 0.5) is 4.79 Å². The summed E-state index contributed by atoms with van der Waals surface area (Å²) < 4.78 is 3.59. The summed E-state index contributed by atoms with van der Waals surface area (Å²) in [5.74, 6) is 0. The molecule has 0 heterocycles. The minimum atomic E-state index is -2.35. The van der Waals surface area contributed by atoms with Gasteiger partial charge in [-0.3, -0.25) is 0 Å². The van der Waals surface area contributed by atoms with E-state index >= 15 is 0 Å². The first-order chi connectivity index (χ1) is 7.31. The molecule has 6 N–H and O–H groups in total. The van der Waals surface area contributed by atoms with Crippen LogP contribution in [0.15, 0.2) is 0 Å². The van der Waals surface area contributed by atoms with E-state index in [1.807, 2.05) is 0 Å². The summed E-state index contributed by atoms with van der Waals surface area (Å²) >= 11 is 0. The Bertz CT molecular complexity index is 225. The Morgan fingerprint density at radius 1 is 1.06 bits per heavy atom. The third-order valence-electron chi connectivity index (χ3n) is 1.79. The van der Waals surface area contributed by atoms with Crippen molar-refractivity contribution in [3.05, 3.63) is 0 Å². The van der Waals surface area contributed by atoms with Gasteiger partial charge in [-0.15, -0.1) is 0 Å². The van der Waals surface area contributed by atoms with Gasteiger partial charge in [-0.25, -0.2) is 0 Å². The van der Waals surface area contributed by atoms with Crippen molar-refractivity contribution in [2.45, 2.75) is 30.7 Å². The predicted molar refractivity (Wildman–Crippen MR) is 43.6 cm³/mol. The van der Waals surface area contributed by atoms with E-state index in [2.05, 4.69) is 4.74 Å². The second-order valence-electron chi connectivity index (χ2n) is 2.98. The molecule has 0 saturated heterocycles. The summed E-state index contributed by atoms with van der Waals surface area (Å²) in [5, 5.41) is 63.3. The van der Waals surface area contributed by atoms with E-state index in [0.717, 1.165) is 0 Å². The van der Waals surface area contributed by atoms with Crippen LogP contribution in [0.2, 0.25) is 0 Å². The topological polar surface area (TPSA) is 171 Å². The van der Waals surface area contributed by atoms with E-state index in [4.69, 9.17) is 30.6 Å². The number of ether oxygens (including phenoxy) is 1. The fourth-order valence-corrected chi connectivity index (χ4v) is 0.875. The van der Waals surface area contributed by atoms with E-state index < -0.39 is 43.5 Å². The maximum absolute atomic E-state index is 9.86. The Labute approximate surface area is 118 Å². The Balaban J connectivity index is 0. The Morgan fingerprint density at radius 2 is 1.53 bits per heavy atom. The van der Waals surface area contributed by atoms with Gasteiger partial charge in [0.1, 0.15) is 24.4 Å². The molecule has 5 atom stereocenters. The second-order valence-corrected chi connectivity index (χ2v) is 2.98. The first kappa shape index (κ1) is 19.4. The maximum atomic E-state index is 9.86. The second kappa shape index (κ2) is 9.03. The van der Waals surface area contributed by atoms with Crippen molar-refractivity contribution in [2.24, 2.45) is 0 Å². The predicted octanol–water partition coefficient (Wildman–Crippen LogP) is -7.90. The summed E-state index contributed by atoms with van der Waals surface area (Å²) in [7, 11) is 0. The fourth-order valence-electron chi connectivity index (χ4n) is 0.875. The van der Waals surface area contributed by atoms with Crippen molar-refractivity contribution in [1.29, 1.82) is 0 Å². The summed E-state index contributed by atoms with van der Waals surface area (Å²) in [6.07, 6.45) is -12.6. The molecule has 0 aliphatic carbocycles. The molecule has 0 radical (unpaired) electrons. The summed E-state index contributed by atoms with van der Waals surface area (Å²) in [6.45, 7) is -0.900. The van der Waals surface area contributed by atoms with Gasteiger partial charge < -0.3 is 45.3 Å². The summed E-state index contributed by atoms with van der Waals surface area (Å²) in [6, 6.07) is 0. The van der Waals surface area contributed by atoms with Crippen molar-refractivity contribution < 1.29 is 74.8 Å². The molecule has 9 nitrogen and oxygen atoms in total. The minimum Gasteiger partial charge on any atom is -0.518 e. The van der Waals surface area contributed by atoms with Gasteiger partial charge in [0.05, 0.1) is 6.61 Å². The average molecular weight is 264 g/mol. The van der Waals surface area contributed by atoms with Gasteiger partial charge in [0, 0.05) is 0 Å². The average Bonchev–Trinajstić information content (AvgIpc) is 2.23. The first-order valence-corrected chi connectivity index (χ1v) is 4.20. The van der Waals surface area contributed by atoms with Gasteiger partial charge in [0.15, 0.2) is 6.29 Å². The molecule has 0 amide bonds. The van der Waals surface area contributed by atoms with E-state index in [1.54, 1.807) is 0 Å². The number of hydrogen-bond donors (Lipinski definition) is 6. The molecule has 0 aromatic heterocycles. The molecule has 17 heavy (non-hydrogen) atoms. The smallest absolute Gasteiger partial charge is 0.518 e. The molecule has 0 bridgehead atoms. The van der Waals surface area contributed by atoms with E-state index in [9.17, 15) is 9.90 Å². The molecule has 0 aromatic rings. The zero-order valence-electron chi connectivity index (χ0n) is 9.00. The largest absolute Gasteiger partial charge is 1.00 e. The molecule has 10 heteroatoms. The monoisotopic (exact) mass is 264 g/mol. The van der Waals surface area contributed by atoms with E-state index in [1.165, 1.54) is 0 Å². The molecule has 0 spiro atoms. The van der Waals surface area contributed by atoms with Crippen molar-refractivity contribution in [1.82, 2.24) is 0 Å². The SMILES string of the molecule is O=C([O-])OC(O)[C@@H](O)[C@@H](O)[C@H](O)[C@H](O)CO.[Na+]. The third kappa shape index (κ3) is 6.50. The zero-order valence-corrected chi connectivity index (χ0v) is 11.0. The van der Waals surface area contributed by atoms with Crippen LogP contribution in [0.3, 0.4) is 0 Å². The van der Waals surface area contributed by atoms with Crippen LogP contribution in [0.5, 0.6) is 0 Å². The van der Waals surface area contributed by atoms with Gasteiger partial charge in [-0.2, -0.15) is 0 Å². The van der Waals surface area contributed by atoms with Crippen LogP contribution in [0, 0.1) is 0 Å². The molecule has 0 aliphatic rings. The molecule has 0 fully saturated rings. The van der Waals surface area contributed by atoms with Crippen molar-refractivity contribution >= 4 is 6.16 Å². The number of aliphatic hydroxyl groups is 6. The van der Waals surface area contributed by atoms with Crippen LogP contribution in [-0.4, -0.2) is 74.1 Å². The van der Waals surface area contributed by atoms with Gasteiger partial charge >= 0.3 is 29.6 Å². The Hall–Kier alpha value is 0.0300. The van der Waals surface area contributed by atoms with Gasteiger partial charge in [-0.1, -0.05) is 0 Å². The number of rotatable bonds is 6. The first-order valence-electron chi connectivity index (χ1n) is 4.20. The third-order valence-corrected chi connectivity index (χ3v) is 1.79. The molecule has 0 saturated carbocycles. The molecule has 1 unspecified atom stereocenters. The number of carboxylic acid groups (broad SMARTS) is 1. The van der Waals surface area contributed by atoms with E-state index in [-0.39, 0.29) is 29.6 Å². The maximum Gasteiger partial charge on any atom is 1.00 e. The number of carbonyl (C=O) groups excluding carboxylic acids is 1. The zero-order chi connectivity index (χ0) is 12.9. The number of carbonyl (C=O) groups is 1. The number of aliphatic hydroxyl groups excluding tert-OH is 6. The van der Waals surface area contributed by atoms with Crippen LogP contribution < -0.4 is 34.7 Å². The summed E-state index contributed by atoms with van der Waals surface area (Å²) in [5.41, 5.74) is 0. The Kier molecular flexibility index (Phi) is 10.3. The Morgan fingerprint density at radius 3 is 1.88 bits per heavy atom. The van der Waals surface area contributed by atoms with E-state index in [0.29, 0.717) is 0 Å². The molecule has 0 aromatic carbocycles. The van der Waals surface area contributed by atoms with Crippen LogP contribution in [0.25, 0.3) is 0 Å². The molecule has 0 aliphatic heterocycles. The fraction of sp³-hybridized carbons (Fsp3) is 0.857.